The number of ether oxygens (including phenoxy) is 3. The standard InChI is InChI=1S/C15H12O8S/c1-20-12-7-9(3-4-11(12)14(16)21-2)23-15(17)13-8-10(24(18)19)5-6-22-13/h3-8H,1-2H3. The molecule has 0 aliphatic carbocycles. The molecule has 0 atom stereocenters. The normalized spacial score (nSPS) is 9.92. The SMILES string of the molecule is COC(=O)c1ccc(OC(=O)c2cc(=S(=O)=O)cco2)cc1OC. The number of carbonyl (C=O) groups is 2. The molecule has 0 bridgehead atoms. The molecule has 0 aliphatic rings. The second-order valence-corrected chi connectivity index (χ2v) is 5.25. The van der Waals surface area contributed by atoms with Crippen LogP contribution in [-0.4, -0.2) is 34.6 Å². The van der Waals surface area contributed by atoms with Crippen molar-refractivity contribution in [3.63, 3.8) is 0 Å². The lowest BCUT2D eigenvalue weighted by Gasteiger charge is -2.09. The van der Waals surface area contributed by atoms with Gasteiger partial charge in [-0.1, -0.05) is 0 Å². The van der Waals surface area contributed by atoms with Crippen molar-refractivity contribution in [3.05, 3.63) is 52.4 Å². The van der Waals surface area contributed by atoms with Crippen LogP contribution >= 0.6 is 0 Å². The highest BCUT2D eigenvalue weighted by Crippen LogP contribution is 2.26. The number of benzene rings is 1. The first-order valence-electron chi connectivity index (χ1n) is 6.46. The van der Waals surface area contributed by atoms with Crippen LogP contribution in [0.15, 0.2) is 41.0 Å². The van der Waals surface area contributed by atoms with Crippen molar-refractivity contribution < 1.29 is 36.6 Å². The van der Waals surface area contributed by atoms with E-state index in [-0.39, 0.29) is 27.3 Å². The molecule has 1 aromatic heterocycles. The lowest BCUT2D eigenvalue weighted by Crippen LogP contribution is -2.09. The van der Waals surface area contributed by atoms with Gasteiger partial charge in [0.1, 0.15) is 21.6 Å². The molecule has 24 heavy (non-hydrogen) atoms. The van der Waals surface area contributed by atoms with Gasteiger partial charge in [-0.25, -0.2) is 9.59 Å². The summed E-state index contributed by atoms with van der Waals surface area (Å²) in [5, 5.41) is 0. The fourth-order valence-electron chi connectivity index (χ4n) is 1.77. The zero-order chi connectivity index (χ0) is 17.7. The van der Waals surface area contributed by atoms with Gasteiger partial charge in [0.15, 0.2) is 0 Å². The summed E-state index contributed by atoms with van der Waals surface area (Å²) in [5.74, 6) is -1.58. The maximum absolute atomic E-state index is 12.0. The van der Waals surface area contributed by atoms with E-state index in [2.05, 4.69) is 4.74 Å². The first-order valence-corrected chi connectivity index (χ1v) is 7.53. The Balaban J connectivity index is 2.31. The summed E-state index contributed by atoms with van der Waals surface area (Å²) in [6, 6.07) is 6.27. The van der Waals surface area contributed by atoms with Crippen LogP contribution in [0, 0.1) is 4.51 Å². The predicted octanol–water partition coefficient (Wildman–Crippen LogP) is 1.71. The Bertz CT molecular complexity index is 947. The summed E-state index contributed by atoms with van der Waals surface area (Å²) in [7, 11) is 0.0634. The molecule has 0 amide bonds. The van der Waals surface area contributed by atoms with E-state index in [1.54, 1.807) is 0 Å². The molecule has 9 heteroatoms. The number of esters is 2. The third-order valence-electron chi connectivity index (χ3n) is 2.88. The summed E-state index contributed by atoms with van der Waals surface area (Å²) in [4.78, 5) is 23.6. The van der Waals surface area contributed by atoms with Crippen LogP contribution < -0.4 is 9.47 Å². The fraction of sp³-hybridized carbons (Fsp3) is 0.133. The van der Waals surface area contributed by atoms with Crippen molar-refractivity contribution in [2.45, 2.75) is 0 Å². The lowest BCUT2D eigenvalue weighted by atomic mass is 10.2. The Morgan fingerprint density at radius 1 is 1.04 bits per heavy atom. The van der Waals surface area contributed by atoms with Crippen molar-refractivity contribution in [3.8, 4) is 11.5 Å². The maximum atomic E-state index is 12.0. The van der Waals surface area contributed by atoms with Crippen LogP contribution in [0.5, 0.6) is 11.5 Å². The Kier molecular flexibility index (Phi) is 5.38. The van der Waals surface area contributed by atoms with Gasteiger partial charge in [0.2, 0.25) is 16.1 Å². The Morgan fingerprint density at radius 3 is 2.42 bits per heavy atom. The third-order valence-corrected chi connectivity index (χ3v) is 3.52. The summed E-state index contributed by atoms with van der Waals surface area (Å²) in [6.07, 6.45) is 1.06. The van der Waals surface area contributed by atoms with Crippen LogP contribution in [-0.2, 0) is 15.0 Å². The number of hydrogen-bond acceptors (Lipinski definition) is 8. The molecule has 0 saturated carbocycles. The van der Waals surface area contributed by atoms with Crippen molar-refractivity contribution in [1.29, 1.82) is 0 Å². The van der Waals surface area contributed by atoms with E-state index in [4.69, 9.17) is 13.9 Å². The second-order valence-electron chi connectivity index (χ2n) is 4.31. The highest BCUT2D eigenvalue weighted by molar-refractivity contribution is 7.63. The van der Waals surface area contributed by atoms with Crippen molar-refractivity contribution >= 4 is 22.2 Å². The van der Waals surface area contributed by atoms with E-state index in [9.17, 15) is 18.0 Å². The molecule has 2 rings (SSSR count). The average molecular weight is 352 g/mol. The largest absolute Gasteiger partial charge is 0.496 e. The smallest absolute Gasteiger partial charge is 0.379 e. The molecule has 0 N–H and O–H groups in total. The van der Waals surface area contributed by atoms with E-state index < -0.39 is 22.2 Å². The summed E-state index contributed by atoms with van der Waals surface area (Å²) in [5.41, 5.74) is 0.160. The van der Waals surface area contributed by atoms with Gasteiger partial charge in [0.25, 0.3) is 0 Å². The zero-order valence-corrected chi connectivity index (χ0v) is 13.5. The van der Waals surface area contributed by atoms with E-state index in [1.165, 1.54) is 38.5 Å². The third kappa shape index (κ3) is 3.82. The number of methoxy groups -OCH3 is 2. The minimum atomic E-state index is -2.51. The first kappa shape index (κ1) is 17.3. The number of carbonyl (C=O) groups excluding carboxylic acids is 2. The molecule has 0 radical (unpaired) electrons. The molecular formula is C15H12O8S. The fourth-order valence-corrected chi connectivity index (χ4v) is 2.14. The average Bonchev–Trinajstić information content (AvgIpc) is 2.60. The maximum Gasteiger partial charge on any atom is 0.379 e. The molecule has 0 saturated heterocycles. The Labute approximate surface area is 137 Å². The summed E-state index contributed by atoms with van der Waals surface area (Å²) >= 11 is 0. The van der Waals surface area contributed by atoms with Crippen LogP contribution in [0.2, 0.25) is 0 Å². The molecule has 0 aliphatic heterocycles. The summed E-state index contributed by atoms with van der Waals surface area (Å²) < 4.78 is 41.3. The van der Waals surface area contributed by atoms with Gasteiger partial charge in [-0.3, -0.25) is 0 Å². The molecular weight excluding hydrogens is 340 g/mol. The molecule has 2 aromatic rings. The number of rotatable bonds is 4. The van der Waals surface area contributed by atoms with E-state index in [0.29, 0.717) is 0 Å². The Morgan fingerprint density at radius 2 is 1.79 bits per heavy atom. The Hall–Kier alpha value is -3.07. The topological polar surface area (TPSA) is 109 Å². The highest BCUT2D eigenvalue weighted by atomic mass is 32.2. The van der Waals surface area contributed by atoms with Gasteiger partial charge >= 0.3 is 11.9 Å². The molecule has 0 unspecified atom stereocenters. The van der Waals surface area contributed by atoms with Gasteiger partial charge in [-0.15, -0.1) is 0 Å². The van der Waals surface area contributed by atoms with Crippen LogP contribution in [0.25, 0.3) is 0 Å². The van der Waals surface area contributed by atoms with E-state index in [1.807, 2.05) is 0 Å². The van der Waals surface area contributed by atoms with Crippen molar-refractivity contribution in [1.82, 2.24) is 0 Å². The van der Waals surface area contributed by atoms with E-state index >= 15 is 0 Å². The predicted molar refractivity (Wildman–Crippen MR) is 80.2 cm³/mol. The minimum absolute atomic E-state index is 0.0772. The van der Waals surface area contributed by atoms with E-state index in [0.717, 1.165) is 12.3 Å². The number of hydrogen-bond donors (Lipinski definition) is 0. The van der Waals surface area contributed by atoms with Gasteiger partial charge < -0.3 is 18.6 Å². The first-order chi connectivity index (χ1) is 11.5. The molecule has 1 heterocycles. The van der Waals surface area contributed by atoms with Crippen LogP contribution in [0.4, 0.5) is 0 Å². The quantitative estimate of drug-likeness (QED) is 0.465. The minimum Gasteiger partial charge on any atom is -0.496 e. The van der Waals surface area contributed by atoms with Gasteiger partial charge in [0, 0.05) is 12.1 Å². The lowest BCUT2D eigenvalue weighted by molar-refractivity contribution is 0.0597. The monoisotopic (exact) mass is 352 g/mol. The summed E-state index contributed by atoms with van der Waals surface area (Å²) in [6.45, 7) is 0. The van der Waals surface area contributed by atoms with Crippen molar-refractivity contribution in [2.75, 3.05) is 14.2 Å². The van der Waals surface area contributed by atoms with Crippen LogP contribution in [0.1, 0.15) is 20.9 Å². The second kappa shape index (κ2) is 7.47. The van der Waals surface area contributed by atoms with Gasteiger partial charge in [0.05, 0.1) is 20.5 Å². The van der Waals surface area contributed by atoms with Crippen LogP contribution in [0.3, 0.4) is 0 Å². The van der Waals surface area contributed by atoms with Gasteiger partial charge in [-0.2, -0.15) is 8.42 Å². The molecule has 0 spiro atoms. The molecule has 126 valence electrons. The van der Waals surface area contributed by atoms with Gasteiger partial charge in [-0.05, 0) is 18.2 Å². The molecule has 0 fully saturated rings. The van der Waals surface area contributed by atoms with Crippen molar-refractivity contribution in [2.24, 2.45) is 0 Å². The molecule has 8 nitrogen and oxygen atoms in total. The zero-order valence-electron chi connectivity index (χ0n) is 12.6. The molecule has 1 aromatic carbocycles. The highest BCUT2D eigenvalue weighted by Gasteiger charge is 2.16.